The molecular weight excluding hydrogens is 272 g/mol. The van der Waals surface area contributed by atoms with Crippen molar-refractivity contribution in [3.8, 4) is 0 Å². The number of hydrogen-bond donors (Lipinski definition) is 2. The first-order valence-electron chi connectivity index (χ1n) is 7.61. The van der Waals surface area contributed by atoms with E-state index in [1.807, 2.05) is 13.8 Å². The fourth-order valence-electron chi connectivity index (χ4n) is 3.02. The van der Waals surface area contributed by atoms with Gasteiger partial charge in [0.05, 0.1) is 0 Å². The second-order valence-electron chi connectivity index (χ2n) is 5.85. The Bertz CT molecular complexity index is 448. The molecule has 0 saturated carbocycles. The van der Waals surface area contributed by atoms with Crippen LogP contribution < -0.4 is 11.1 Å². The van der Waals surface area contributed by atoms with Gasteiger partial charge in [0.2, 0.25) is 5.91 Å². The predicted molar refractivity (Wildman–Crippen MR) is 77.3 cm³/mol. The lowest BCUT2D eigenvalue weighted by molar-refractivity contribution is -0.139. The molecule has 1 unspecified atom stereocenters. The quantitative estimate of drug-likeness (QED) is 0.716. The predicted octanol–water partition coefficient (Wildman–Crippen LogP) is 0.0467. The Labute approximate surface area is 124 Å². The van der Waals surface area contributed by atoms with Crippen LogP contribution in [0.1, 0.15) is 39.5 Å². The molecule has 7 nitrogen and oxygen atoms in total. The van der Waals surface area contributed by atoms with E-state index < -0.39 is 11.6 Å². The molecule has 0 aromatic rings. The van der Waals surface area contributed by atoms with E-state index in [9.17, 15) is 14.4 Å². The van der Waals surface area contributed by atoms with E-state index in [0.29, 0.717) is 25.9 Å². The Kier molecular flexibility index (Phi) is 4.51. The highest BCUT2D eigenvalue weighted by atomic mass is 16.2. The molecule has 0 bridgehead atoms. The van der Waals surface area contributed by atoms with E-state index in [1.165, 1.54) is 0 Å². The van der Waals surface area contributed by atoms with Crippen LogP contribution in [0.5, 0.6) is 0 Å². The Morgan fingerprint density at radius 3 is 2.57 bits per heavy atom. The van der Waals surface area contributed by atoms with E-state index >= 15 is 0 Å². The van der Waals surface area contributed by atoms with Crippen molar-refractivity contribution in [1.29, 1.82) is 0 Å². The maximum atomic E-state index is 12.4. The van der Waals surface area contributed by atoms with Gasteiger partial charge in [0.15, 0.2) is 0 Å². The lowest BCUT2D eigenvalue weighted by atomic mass is 9.93. The number of urea groups is 1. The fourth-order valence-corrected chi connectivity index (χ4v) is 3.02. The zero-order chi connectivity index (χ0) is 15.6. The van der Waals surface area contributed by atoms with Crippen molar-refractivity contribution in [1.82, 2.24) is 15.1 Å². The maximum absolute atomic E-state index is 12.4. The molecule has 118 valence electrons. The molecule has 2 saturated heterocycles. The van der Waals surface area contributed by atoms with Gasteiger partial charge in [-0.3, -0.25) is 14.5 Å². The number of carbonyl (C=O) groups excluding carboxylic acids is 3. The Morgan fingerprint density at radius 2 is 2.05 bits per heavy atom. The van der Waals surface area contributed by atoms with Crippen LogP contribution in [-0.4, -0.2) is 58.9 Å². The van der Waals surface area contributed by atoms with Crippen LogP contribution in [0.4, 0.5) is 4.79 Å². The number of piperidine rings is 1. The third-order valence-corrected chi connectivity index (χ3v) is 4.56. The summed E-state index contributed by atoms with van der Waals surface area (Å²) in [6, 6.07) is -0.491. The molecule has 3 N–H and O–H groups in total. The number of nitrogens with zero attached hydrogens (tertiary/aromatic N) is 2. The second kappa shape index (κ2) is 6.01. The first-order valence-corrected chi connectivity index (χ1v) is 7.61. The number of nitrogens with one attached hydrogen (secondary N) is 1. The lowest BCUT2D eigenvalue weighted by Crippen LogP contribution is -2.50. The summed E-state index contributed by atoms with van der Waals surface area (Å²) in [5, 5.41) is 2.73. The largest absolute Gasteiger partial charge is 0.340 e. The highest BCUT2D eigenvalue weighted by Crippen LogP contribution is 2.25. The minimum atomic E-state index is -0.852. The highest BCUT2D eigenvalue weighted by Gasteiger charge is 2.49. The minimum absolute atomic E-state index is 0.0174. The van der Waals surface area contributed by atoms with Crippen LogP contribution in [0.3, 0.4) is 0 Å². The molecule has 0 aromatic heterocycles. The van der Waals surface area contributed by atoms with Crippen molar-refractivity contribution in [2.75, 3.05) is 19.6 Å². The SMILES string of the molecule is CCC1(CC)NC(=O)N(CC(=O)N2CCCC(N)C2)C1=O. The van der Waals surface area contributed by atoms with Crippen LogP contribution in [0.2, 0.25) is 0 Å². The number of nitrogens with two attached hydrogens (primary N) is 1. The second-order valence-corrected chi connectivity index (χ2v) is 5.85. The molecule has 0 spiro atoms. The highest BCUT2D eigenvalue weighted by molar-refractivity contribution is 6.08. The molecule has 0 aliphatic carbocycles. The van der Waals surface area contributed by atoms with Gasteiger partial charge in [-0.05, 0) is 25.7 Å². The summed E-state index contributed by atoms with van der Waals surface area (Å²) >= 11 is 0. The van der Waals surface area contributed by atoms with Crippen LogP contribution in [0.15, 0.2) is 0 Å². The van der Waals surface area contributed by atoms with Crippen molar-refractivity contribution in [3.05, 3.63) is 0 Å². The molecule has 2 aliphatic heterocycles. The molecule has 21 heavy (non-hydrogen) atoms. The Hall–Kier alpha value is -1.63. The van der Waals surface area contributed by atoms with Crippen LogP contribution in [0.25, 0.3) is 0 Å². The molecular formula is C14H24N4O3. The van der Waals surface area contributed by atoms with Crippen LogP contribution >= 0.6 is 0 Å². The molecule has 4 amide bonds. The number of rotatable bonds is 4. The molecule has 1 atom stereocenters. The number of amides is 4. The van der Waals surface area contributed by atoms with Gasteiger partial charge in [0.25, 0.3) is 5.91 Å². The molecule has 7 heteroatoms. The summed E-state index contributed by atoms with van der Waals surface area (Å²) in [6.45, 7) is 4.66. The normalized spacial score (nSPS) is 25.2. The van der Waals surface area contributed by atoms with Crippen LogP contribution in [0, 0.1) is 0 Å². The van der Waals surface area contributed by atoms with Crippen molar-refractivity contribution in [2.24, 2.45) is 5.73 Å². The summed E-state index contributed by atoms with van der Waals surface area (Å²) in [4.78, 5) is 39.4. The summed E-state index contributed by atoms with van der Waals surface area (Å²) in [7, 11) is 0. The number of hydrogen-bond acceptors (Lipinski definition) is 4. The number of imide groups is 1. The maximum Gasteiger partial charge on any atom is 0.325 e. The topological polar surface area (TPSA) is 95.7 Å². The van der Waals surface area contributed by atoms with Crippen molar-refractivity contribution in [2.45, 2.75) is 51.1 Å². The average molecular weight is 296 g/mol. The van der Waals surface area contributed by atoms with E-state index in [2.05, 4.69) is 5.32 Å². The molecule has 2 fully saturated rings. The van der Waals surface area contributed by atoms with E-state index in [1.54, 1.807) is 4.90 Å². The van der Waals surface area contributed by atoms with Gasteiger partial charge in [0.1, 0.15) is 12.1 Å². The van der Waals surface area contributed by atoms with Gasteiger partial charge in [-0.2, -0.15) is 0 Å². The van der Waals surface area contributed by atoms with Crippen LogP contribution in [-0.2, 0) is 9.59 Å². The summed E-state index contributed by atoms with van der Waals surface area (Å²) in [6.07, 6.45) is 2.81. The third-order valence-electron chi connectivity index (χ3n) is 4.56. The van der Waals surface area contributed by atoms with E-state index in [0.717, 1.165) is 17.7 Å². The molecule has 0 aromatic carbocycles. The minimum Gasteiger partial charge on any atom is -0.340 e. The zero-order valence-corrected chi connectivity index (χ0v) is 12.7. The smallest absolute Gasteiger partial charge is 0.325 e. The van der Waals surface area contributed by atoms with Crippen molar-refractivity contribution < 1.29 is 14.4 Å². The Morgan fingerprint density at radius 1 is 1.38 bits per heavy atom. The van der Waals surface area contributed by atoms with E-state index in [-0.39, 0.29) is 24.4 Å². The zero-order valence-electron chi connectivity index (χ0n) is 12.7. The number of likely N-dealkylation sites (tertiary alicyclic amines) is 1. The average Bonchev–Trinajstić information content (AvgIpc) is 2.72. The van der Waals surface area contributed by atoms with Gasteiger partial charge < -0.3 is 16.0 Å². The Balaban J connectivity index is 2.04. The third kappa shape index (κ3) is 2.88. The number of carbonyl (C=O) groups is 3. The van der Waals surface area contributed by atoms with Crippen molar-refractivity contribution in [3.63, 3.8) is 0 Å². The van der Waals surface area contributed by atoms with Gasteiger partial charge in [-0.15, -0.1) is 0 Å². The summed E-state index contributed by atoms with van der Waals surface area (Å²) < 4.78 is 0. The molecule has 2 aliphatic rings. The summed E-state index contributed by atoms with van der Waals surface area (Å²) in [5.41, 5.74) is 5.01. The first-order chi connectivity index (χ1) is 9.93. The van der Waals surface area contributed by atoms with Gasteiger partial charge in [-0.25, -0.2) is 4.79 Å². The fraction of sp³-hybridized carbons (Fsp3) is 0.786. The first kappa shape index (κ1) is 15.8. The van der Waals surface area contributed by atoms with Gasteiger partial charge >= 0.3 is 6.03 Å². The molecule has 2 heterocycles. The van der Waals surface area contributed by atoms with Gasteiger partial charge in [-0.1, -0.05) is 13.8 Å². The van der Waals surface area contributed by atoms with E-state index in [4.69, 9.17) is 5.73 Å². The molecule has 2 rings (SSSR count). The standard InChI is InChI=1S/C14H24N4O3/c1-3-14(4-2)12(20)18(13(21)16-14)9-11(19)17-7-5-6-10(15)8-17/h10H,3-9,15H2,1-2H3,(H,16,21). The monoisotopic (exact) mass is 296 g/mol. The lowest BCUT2D eigenvalue weighted by Gasteiger charge is -2.31. The summed E-state index contributed by atoms with van der Waals surface area (Å²) in [5.74, 6) is -0.510. The van der Waals surface area contributed by atoms with Crippen molar-refractivity contribution >= 4 is 17.8 Å². The van der Waals surface area contributed by atoms with Gasteiger partial charge in [0, 0.05) is 19.1 Å². The molecule has 0 radical (unpaired) electrons.